The molecular weight excluding hydrogens is 332 g/mol. The number of nitrogens with one attached hydrogen (secondary N) is 1. The van der Waals surface area contributed by atoms with Gasteiger partial charge >= 0.3 is 0 Å². The van der Waals surface area contributed by atoms with Crippen molar-refractivity contribution in [1.82, 2.24) is 0 Å². The first-order valence-electron chi connectivity index (χ1n) is 6.59. The van der Waals surface area contributed by atoms with E-state index in [1.807, 2.05) is 21.0 Å². The van der Waals surface area contributed by atoms with E-state index in [1.54, 1.807) is 13.8 Å². The third-order valence-corrected chi connectivity index (χ3v) is 3.99. The Hall–Kier alpha value is -0.316. The smallest absolute Gasteiger partial charge is 0.282 e. The molecule has 20 heavy (non-hydrogen) atoms. The standard InChI is InChI=1S/C15H23FN2O.Y/c1-7-18(5,6)12(4)15(19)17-14-10(2)8-13(16)9-11(14)3;/h8-9,12H,7H2,1-6H3;/p+1. The molecular formula is C15H24FN2OY+. The second-order valence-corrected chi connectivity index (χ2v) is 5.67. The fourth-order valence-corrected chi connectivity index (χ4v) is 1.93. The summed E-state index contributed by atoms with van der Waals surface area (Å²) in [6, 6.07) is 2.72. The summed E-state index contributed by atoms with van der Waals surface area (Å²) < 4.78 is 13.8. The molecule has 109 valence electrons. The summed E-state index contributed by atoms with van der Waals surface area (Å²) in [5, 5.41) is 2.92. The monoisotopic (exact) mass is 356 g/mol. The van der Waals surface area contributed by atoms with Gasteiger partial charge in [0, 0.05) is 38.4 Å². The van der Waals surface area contributed by atoms with Crippen LogP contribution in [0.25, 0.3) is 0 Å². The first-order valence-corrected chi connectivity index (χ1v) is 6.59. The number of nitrogens with zero attached hydrogens (tertiary/aromatic N) is 1. The average molecular weight is 356 g/mol. The SMILES string of the molecule is CC[N+](C)(C)C(C)C(=O)Nc1c(C)cc(F)cc1C.[Y]. The molecule has 0 saturated carbocycles. The van der Waals surface area contributed by atoms with Gasteiger partial charge in [-0.05, 0) is 51.0 Å². The Labute approximate surface area is 146 Å². The fourth-order valence-electron chi connectivity index (χ4n) is 1.93. The van der Waals surface area contributed by atoms with E-state index in [0.29, 0.717) is 10.2 Å². The number of quaternary nitrogens is 1. The quantitative estimate of drug-likeness (QED) is 0.826. The first-order chi connectivity index (χ1) is 8.69. The summed E-state index contributed by atoms with van der Waals surface area (Å²) in [4.78, 5) is 12.3. The number of likely N-dealkylation sites (N-methyl/N-ethyl adjacent to an activating group) is 1. The summed E-state index contributed by atoms with van der Waals surface area (Å²) in [6.07, 6.45) is 0. The zero-order valence-electron chi connectivity index (χ0n) is 13.2. The van der Waals surface area contributed by atoms with Crippen molar-refractivity contribution in [2.24, 2.45) is 0 Å². The van der Waals surface area contributed by atoms with Crippen LogP contribution < -0.4 is 5.32 Å². The van der Waals surface area contributed by atoms with E-state index in [2.05, 4.69) is 12.2 Å². The number of carbonyl (C=O) groups is 1. The maximum atomic E-state index is 13.2. The number of halogens is 1. The number of amides is 1. The second kappa shape index (κ2) is 7.62. The molecule has 5 heteroatoms. The van der Waals surface area contributed by atoms with Crippen molar-refractivity contribution < 1.29 is 46.4 Å². The van der Waals surface area contributed by atoms with Crippen LogP contribution in [0.2, 0.25) is 0 Å². The van der Waals surface area contributed by atoms with Crippen LogP contribution in [0.1, 0.15) is 25.0 Å². The van der Waals surface area contributed by atoms with Gasteiger partial charge in [0.25, 0.3) is 5.91 Å². The minimum Gasteiger partial charge on any atom is -0.320 e. The van der Waals surface area contributed by atoms with Gasteiger partial charge in [0.15, 0.2) is 6.04 Å². The van der Waals surface area contributed by atoms with Crippen LogP contribution in [0, 0.1) is 19.7 Å². The van der Waals surface area contributed by atoms with Gasteiger partial charge < -0.3 is 9.80 Å². The molecule has 0 saturated heterocycles. The van der Waals surface area contributed by atoms with Crippen molar-refractivity contribution in [1.29, 1.82) is 0 Å². The molecule has 0 aliphatic carbocycles. The van der Waals surface area contributed by atoms with E-state index in [1.165, 1.54) is 12.1 Å². The first kappa shape index (κ1) is 19.7. The molecule has 3 nitrogen and oxygen atoms in total. The summed E-state index contributed by atoms with van der Waals surface area (Å²) in [5.74, 6) is -0.310. The molecule has 0 aliphatic rings. The molecule has 0 aliphatic heterocycles. The van der Waals surface area contributed by atoms with Gasteiger partial charge in [-0.15, -0.1) is 0 Å². The van der Waals surface area contributed by atoms with Crippen LogP contribution in [0.15, 0.2) is 12.1 Å². The summed E-state index contributed by atoms with van der Waals surface area (Å²) in [5.41, 5.74) is 2.22. The fraction of sp³-hybridized carbons (Fsp3) is 0.533. The van der Waals surface area contributed by atoms with Crippen molar-refractivity contribution in [3.63, 3.8) is 0 Å². The van der Waals surface area contributed by atoms with Crippen LogP contribution in [0.3, 0.4) is 0 Å². The number of carbonyl (C=O) groups excluding carboxylic acids is 1. The molecule has 0 bridgehead atoms. The van der Waals surface area contributed by atoms with Gasteiger partial charge in [-0.2, -0.15) is 0 Å². The zero-order valence-corrected chi connectivity index (χ0v) is 16.1. The minimum atomic E-state index is -0.272. The summed E-state index contributed by atoms with van der Waals surface area (Å²) in [7, 11) is 4.04. The molecule has 0 spiro atoms. The van der Waals surface area contributed by atoms with Gasteiger partial charge in [-0.25, -0.2) is 4.39 Å². The predicted molar refractivity (Wildman–Crippen MR) is 76.6 cm³/mol. The zero-order chi connectivity index (χ0) is 14.8. The molecule has 1 aromatic carbocycles. The van der Waals surface area contributed by atoms with Crippen LogP contribution in [0.5, 0.6) is 0 Å². The maximum absolute atomic E-state index is 13.2. The predicted octanol–water partition coefficient (Wildman–Crippen LogP) is 2.86. The van der Waals surface area contributed by atoms with Gasteiger partial charge in [0.1, 0.15) is 5.82 Å². The Morgan fingerprint density at radius 3 is 2.15 bits per heavy atom. The van der Waals surface area contributed by atoms with Crippen molar-refractivity contribution >= 4 is 11.6 Å². The number of anilines is 1. The van der Waals surface area contributed by atoms with Crippen molar-refractivity contribution in [3.8, 4) is 0 Å². The molecule has 1 aromatic rings. The second-order valence-electron chi connectivity index (χ2n) is 5.67. The van der Waals surface area contributed by atoms with Crippen LogP contribution >= 0.6 is 0 Å². The van der Waals surface area contributed by atoms with Crippen molar-refractivity contribution in [2.75, 3.05) is 26.0 Å². The molecule has 1 unspecified atom stereocenters. The molecule has 0 fully saturated rings. The van der Waals surface area contributed by atoms with E-state index < -0.39 is 0 Å². The number of benzene rings is 1. The summed E-state index contributed by atoms with van der Waals surface area (Å²) >= 11 is 0. The average Bonchev–Trinajstić information content (AvgIpc) is 2.32. The van der Waals surface area contributed by atoms with E-state index in [0.717, 1.165) is 17.7 Å². The Kier molecular flexibility index (Phi) is 7.50. The van der Waals surface area contributed by atoms with Crippen molar-refractivity contribution in [3.05, 3.63) is 29.1 Å². The third-order valence-electron chi connectivity index (χ3n) is 3.99. The Bertz CT molecular complexity index is 466. The molecule has 1 atom stereocenters. The maximum Gasteiger partial charge on any atom is 0.282 e. The van der Waals surface area contributed by atoms with E-state index in [-0.39, 0.29) is 50.5 Å². The Morgan fingerprint density at radius 2 is 1.75 bits per heavy atom. The normalized spacial score (nSPS) is 12.6. The molecule has 1 radical (unpaired) electrons. The topological polar surface area (TPSA) is 29.1 Å². The van der Waals surface area contributed by atoms with Crippen LogP contribution in [-0.4, -0.2) is 37.1 Å². The third kappa shape index (κ3) is 4.61. The van der Waals surface area contributed by atoms with Gasteiger partial charge in [-0.3, -0.25) is 4.79 Å². The molecule has 0 aromatic heterocycles. The minimum absolute atomic E-state index is 0. The number of rotatable bonds is 4. The van der Waals surface area contributed by atoms with Gasteiger partial charge in [-0.1, -0.05) is 0 Å². The number of aryl methyl sites for hydroxylation is 2. The molecule has 1 amide bonds. The Morgan fingerprint density at radius 1 is 1.30 bits per heavy atom. The Balaban J connectivity index is 0.00000361. The molecule has 1 N–H and O–H groups in total. The van der Waals surface area contributed by atoms with Gasteiger partial charge in [0.2, 0.25) is 0 Å². The molecule has 1 rings (SSSR count). The number of hydrogen-bond donors (Lipinski definition) is 1. The van der Waals surface area contributed by atoms with Crippen LogP contribution in [0.4, 0.5) is 10.1 Å². The summed E-state index contributed by atoms with van der Waals surface area (Å²) in [6.45, 7) is 8.44. The van der Waals surface area contributed by atoms with Crippen molar-refractivity contribution in [2.45, 2.75) is 33.7 Å². The van der Waals surface area contributed by atoms with E-state index >= 15 is 0 Å². The van der Waals surface area contributed by atoms with Gasteiger partial charge in [0.05, 0.1) is 20.6 Å². The van der Waals surface area contributed by atoms with Crippen LogP contribution in [-0.2, 0) is 37.5 Å². The van der Waals surface area contributed by atoms with E-state index in [4.69, 9.17) is 0 Å². The number of hydrogen-bond acceptors (Lipinski definition) is 1. The largest absolute Gasteiger partial charge is 0.320 e. The van der Waals surface area contributed by atoms with E-state index in [9.17, 15) is 9.18 Å². The molecule has 0 heterocycles.